The number of hydrogen-bond acceptors (Lipinski definition) is 6. The van der Waals surface area contributed by atoms with Crippen LogP contribution >= 0.6 is 0 Å². The van der Waals surface area contributed by atoms with E-state index < -0.39 is 4.92 Å². The van der Waals surface area contributed by atoms with E-state index in [0.717, 1.165) is 0 Å². The number of benzene rings is 2. The van der Waals surface area contributed by atoms with Gasteiger partial charge in [-0.25, -0.2) is 0 Å². The summed E-state index contributed by atoms with van der Waals surface area (Å²) in [6, 6.07) is 11.2. The molecule has 2 aliphatic heterocycles. The molecular formula is C22H21N3O6. The molecule has 9 heteroatoms. The van der Waals surface area contributed by atoms with Crippen molar-refractivity contribution < 1.29 is 24.0 Å². The van der Waals surface area contributed by atoms with Crippen molar-refractivity contribution in [3.8, 4) is 11.5 Å². The van der Waals surface area contributed by atoms with Crippen LogP contribution in [-0.2, 0) is 9.59 Å². The van der Waals surface area contributed by atoms with Gasteiger partial charge in [0.2, 0.25) is 18.6 Å². The number of ether oxygens (including phenoxy) is 2. The maximum absolute atomic E-state index is 12.6. The zero-order chi connectivity index (χ0) is 21.8. The Morgan fingerprint density at radius 1 is 1.06 bits per heavy atom. The highest BCUT2D eigenvalue weighted by molar-refractivity contribution is 5.94. The Hall–Kier alpha value is -3.88. The molecule has 31 heavy (non-hydrogen) atoms. The van der Waals surface area contributed by atoms with E-state index >= 15 is 0 Å². The molecule has 0 aromatic heterocycles. The number of anilines is 1. The van der Waals surface area contributed by atoms with Gasteiger partial charge in [0.15, 0.2) is 11.5 Å². The van der Waals surface area contributed by atoms with Gasteiger partial charge in [-0.05, 0) is 48.7 Å². The first-order valence-electron chi connectivity index (χ1n) is 9.91. The van der Waals surface area contributed by atoms with E-state index in [-0.39, 0.29) is 30.2 Å². The fourth-order valence-electron chi connectivity index (χ4n) is 3.56. The summed E-state index contributed by atoms with van der Waals surface area (Å²) in [4.78, 5) is 36.9. The summed E-state index contributed by atoms with van der Waals surface area (Å²) in [5.74, 6) is 0.873. The molecule has 0 atom stereocenters. The third-order valence-corrected chi connectivity index (χ3v) is 5.34. The predicted molar refractivity (Wildman–Crippen MR) is 113 cm³/mol. The molecule has 1 saturated heterocycles. The average molecular weight is 423 g/mol. The molecule has 160 valence electrons. The highest BCUT2D eigenvalue weighted by Gasteiger charge is 2.27. The lowest BCUT2D eigenvalue weighted by atomic mass is 9.95. The van der Waals surface area contributed by atoms with Crippen molar-refractivity contribution in [3.05, 3.63) is 64.2 Å². The molecule has 2 heterocycles. The Labute approximate surface area is 178 Å². The van der Waals surface area contributed by atoms with Gasteiger partial charge in [-0.3, -0.25) is 19.7 Å². The number of carbonyl (C=O) groups excluding carboxylic acids is 2. The zero-order valence-electron chi connectivity index (χ0n) is 16.7. The summed E-state index contributed by atoms with van der Waals surface area (Å²) in [5.41, 5.74) is 1.36. The van der Waals surface area contributed by atoms with E-state index in [0.29, 0.717) is 48.7 Å². The molecule has 4 rings (SSSR count). The lowest BCUT2D eigenvalue weighted by Crippen LogP contribution is -2.40. The van der Waals surface area contributed by atoms with Crippen LogP contribution in [0.5, 0.6) is 11.5 Å². The molecule has 2 aromatic carbocycles. The lowest BCUT2D eigenvalue weighted by molar-refractivity contribution is -0.384. The van der Waals surface area contributed by atoms with Crippen molar-refractivity contribution in [2.24, 2.45) is 5.92 Å². The van der Waals surface area contributed by atoms with E-state index in [1.807, 2.05) is 0 Å². The lowest BCUT2D eigenvalue weighted by Gasteiger charge is -2.30. The Morgan fingerprint density at radius 2 is 1.77 bits per heavy atom. The number of nitro groups is 1. The first-order valence-corrected chi connectivity index (χ1v) is 9.91. The van der Waals surface area contributed by atoms with Crippen molar-refractivity contribution in [3.63, 3.8) is 0 Å². The van der Waals surface area contributed by atoms with Crippen LogP contribution in [0.15, 0.2) is 48.5 Å². The van der Waals surface area contributed by atoms with Crippen LogP contribution in [-0.4, -0.2) is 41.5 Å². The number of nitrogens with zero attached hydrogens (tertiary/aromatic N) is 2. The second kappa shape index (κ2) is 8.86. The fraction of sp³-hybridized carbons (Fsp3) is 0.273. The van der Waals surface area contributed by atoms with E-state index in [4.69, 9.17) is 9.47 Å². The average Bonchev–Trinajstić information content (AvgIpc) is 3.25. The van der Waals surface area contributed by atoms with E-state index in [1.54, 1.807) is 41.3 Å². The molecule has 2 aromatic rings. The first kappa shape index (κ1) is 20.4. The molecule has 0 saturated carbocycles. The Bertz CT molecular complexity index is 1030. The number of hydrogen-bond donors (Lipinski definition) is 1. The van der Waals surface area contributed by atoms with Gasteiger partial charge in [0.25, 0.3) is 5.69 Å². The number of nitro benzene ring substituents is 1. The van der Waals surface area contributed by atoms with Crippen LogP contribution in [0.25, 0.3) is 6.08 Å². The van der Waals surface area contributed by atoms with Gasteiger partial charge in [-0.1, -0.05) is 0 Å². The second-order valence-electron chi connectivity index (χ2n) is 7.34. The summed E-state index contributed by atoms with van der Waals surface area (Å²) in [6.07, 6.45) is 4.24. The van der Waals surface area contributed by atoms with E-state index in [2.05, 4.69) is 5.32 Å². The minimum absolute atomic E-state index is 0.00423. The number of rotatable bonds is 5. The molecule has 1 N–H and O–H groups in total. The Kier molecular flexibility index (Phi) is 5.83. The molecule has 0 aliphatic carbocycles. The van der Waals surface area contributed by atoms with Gasteiger partial charge in [-0.2, -0.15) is 0 Å². The van der Waals surface area contributed by atoms with Crippen molar-refractivity contribution >= 4 is 29.3 Å². The summed E-state index contributed by atoms with van der Waals surface area (Å²) in [7, 11) is 0. The van der Waals surface area contributed by atoms with Gasteiger partial charge in [-0.15, -0.1) is 0 Å². The van der Waals surface area contributed by atoms with Crippen LogP contribution in [0.3, 0.4) is 0 Å². The monoisotopic (exact) mass is 423 g/mol. The summed E-state index contributed by atoms with van der Waals surface area (Å²) in [6.45, 7) is 1.16. The third-order valence-electron chi connectivity index (χ3n) is 5.34. The van der Waals surface area contributed by atoms with Crippen molar-refractivity contribution in [1.82, 2.24) is 4.90 Å². The molecule has 0 bridgehead atoms. The van der Waals surface area contributed by atoms with Crippen molar-refractivity contribution in [1.29, 1.82) is 0 Å². The minimum Gasteiger partial charge on any atom is -0.454 e. The van der Waals surface area contributed by atoms with Crippen molar-refractivity contribution in [2.75, 3.05) is 25.2 Å². The normalized spacial score (nSPS) is 15.8. The minimum atomic E-state index is -0.467. The highest BCUT2D eigenvalue weighted by Crippen LogP contribution is 2.34. The van der Waals surface area contributed by atoms with Gasteiger partial charge < -0.3 is 19.7 Å². The Balaban J connectivity index is 1.27. The fourth-order valence-corrected chi connectivity index (χ4v) is 3.56. The van der Waals surface area contributed by atoms with Crippen molar-refractivity contribution in [2.45, 2.75) is 12.8 Å². The largest absolute Gasteiger partial charge is 0.454 e. The summed E-state index contributed by atoms with van der Waals surface area (Å²) < 4.78 is 10.6. The van der Waals surface area contributed by atoms with Gasteiger partial charge in [0.1, 0.15) is 0 Å². The van der Waals surface area contributed by atoms with E-state index in [1.165, 1.54) is 18.2 Å². The topological polar surface area (TPSA) is 111 Å². The third kappa shape index (κ3) is 4.82. The molecular weight excluding hydrogens is 402 g/mol. The van der Waals surface area contributed by atoms with Crippen LogP contribution in [0.1, 0.15) is 18.4 Å². The number of piperidine rings is 1. The molecule has 9 nitrogen and oxygen atoms in total. The van der Waals surface area contributed by atoms with Crippen LogP contribution in [0.4, 0.5) is 11.4 Å². The summed E-state index contributed by atoms with van der Waals surface area (Å²) >= 11 is 0. The van der Waals surface area contributed by atoms with Gasteiger partial charge in [0.05, 0.1) is 4.92 Å². The zero-order valence-corrected chi connectivity index (χ0v) is 16.7. The smallest absolute Gasteiger partial charge is 0.269 e. The Morgan fingerprint density at radius 3 is 2.48 bits per heavy atom. The van der Waals surface area contributed by atoms with E-state index in [9.17, 15) is 19.7 Å². The van der Waals surface area contributed by atoms with Crippen LogP contribution in [0.2, 0.25) is 0 Å². The van der Waals surface area contributed by atoms with Gasteiger partial charge >= 0.3 is 0 Å². The number of non-ortho nitro benzene ring substituents is 1. The number of carbonyl (C=O) groups is 2. The standard InChI is InChI=1S/C22H21N3O6/c26-21(8-3-15-1-5-18(6-2-15)25(28)29)24-11-9-16(10-12-24)22(27)23-17-4-7-19-20(13-17)31-14-30-19/h1-8,13,16H,9-12,14H2,(H,23,27). The van der Waals surface area contributed by atoms with Gasteiger partial charge in [0, 0.05) is 49.0 Å². The molecule has 1 fully saturated rings. The number of likely N-dealkylation sites (tertiary alicyclic amines) is 1. The van der Waals surface area contributed by atoms with Crippen LogP contribution in [0, 0.1) is 16.0 Å². The quantitative estimate of drug-likeness (QED) is 0.449. The summed E-state index contributed by atoms with van der Waals surface area (Å²) in [5, 5.41) is 13.6. The number of fused-ring (bicyclic) bond motifs is 1. The molecule has 2 amide bonds. The first-order chi connectivity index (χ1) is 15.0. The second-order valence-corrected chi connectivity index (χ2v) is 7.34. The molecule has 0 radical (unpaired) electrons. The highest BCUT2D eigenvalue weighted by atomic mass is 16.7. The molecule has 2 aliphatic rings. The number of amides is 2. The molecule has 0 unspecified atom stereocenters. The SMILES string of the molecule is O=C(Nc1ccc2c(c1)OCO2)C1CCN(C(=O)C=Cc2ccc([N+](=O)[O-])cc2)CC1. The predicted octanol–water partition coefficient (Wildman–Crippen LogP) is 3.21. The maximum atomic E-state index is 12.6. The molecule has 0 spiro atoms. The van der Waals surface area contributed by atoms with Crippen LogP contribution < -0.4 is 14.8 Å². The number of nitrogens with one attached hydrogen (secondary N) is 1. The maximum Gasteiger partial charge on any atom is 0.269 e.